The molecule has 1 unspecified atom stereocenters. The summed E-state index contributed by atoms with van der Waals surface area (Å²) in [6.45, 7) is 1.35. The minimum atomic E-state index is -4.16. The first kappa shape index (κ1) is 28.5. The average molecular weight is 584 g/mol. The molecule has 5 aromatic rings. The average Bonchev–Trinajstić information content (AvgIpc) is 2.97. The van der Waals surface area contributed by atoms with E-state index in [4.69, 9.17) is 0 Å². The molecule has 0 radical (unpaired) electrons. The van der Waals surface area contributed by atoms with E-state index in [1.165, 1.54) is 55.6 Å². The van der Waals surface area contributed by atoms with E-state index < -0.39 is 27.4 Å². The highest BCUT2D eigenvalue weighted by Crippen LogP contribution is 2.23. The molecule has 5 rings (SSSR count). The first-order valence-electron chi connectivity index (χ1n) is 13.0. The van der Waals surface area contributed by atoms with Gasteiger partial charge in [0.05, 0.1) is 28.1 Å². The quantitative estimate of drug-likeness (QED) is 0.245. The lowest BCUT2D eigenvalue weighted by molar-refractivity contribution is -0.114. The molecule has 0 fully saturated rings. The van der Waals surface area contributed by atoms with Gasteiger partial charge in [-0.1, -0.05) is 60.7 Å². The summed E-state index contributed by atoms with van der Waals surface area (Å²) in [5.74, 6) is -0.801. The molecule has 9 nitrogen and oxygen atoms in total. The molecular formula is C31H26FN5O4S. The van der Waals surface area contributed by atoms with Gasteiger partial charge in [-0.05, 0) is 54.4 Å². The summed E-state index contributed by atoms with van der Waals surface area (Å²) < 4.78 is 45.3. The van der Waals surface area contributed by atoms with Crippen LogP contribution in [0.2, 0.25) is 0 Å². The molecule has 4 aromatic carbocycles. The third-order valence-electron chi connectivity index (χ3n) is 6.37. The normalized spacial score (nSPS) is 12.4. The van der Waals surface area contributed by atoms with Gasteiger partial charge in [0.25, 0.3) is 5.56 Å². The molecule has 1 aromatic heterocycles. The number of amides is 1. The Hall–Kier alpha value is -5.00. The highest BCUT2D eigenvalue weighted by molar-refractivity contribution is 7.89. The number of sulfonamides is 1. The fraction of sp³-hybridized carbons (Fsp3) is 0.0968. The Morgan fingerprint density at radius 2 is 1.62 bits per heavy atom. The van der Waals surface area contributed by atoms with Crippen molar-refractivity contribution >= 4 is 38.7 Å². The smallest absolute Gasteiger partial charge is 0.282 e. The van der Waals surface area contributed by atoms with Crippen molar-refractivity contribution < 1.29 is 17.6 Å². The summed E-state index contributed by atoms with van der Waals surface area (Å²) in [4.78, 5) is 29.7. The van der Waals surface area contributed by atoms with Crippen LogP contribution in [0.1, 0.15) is 29.9 Å². The van der Waals surface area contributed by atoms with Crippen molar-refractivity contribution in [2.24, 2.45) is 5.10 Å². The molecule has 0 bridgehead atoms. The van der Waals surface area contributed by atoms with Crippen molar-refractivity contribution in [1.82, 2.24) is 14.4 Å². The molecule has 11 heteroatoms. The van der Waals surface area contributed by atoms with E-state index in [2.05, 4.69) is 20.1 Å². The van der Waals surface area contributed by atoms with Crippen molar-refractivity contribution in [3.05, 3.63) is 136 Å². The van der Waals surface area contributed by atoms with E-state index in [1.54, 1.807) is 30.3 Å². The molecule has 0 spiro atoms. The summed E-state index contributed by atoms with van der Waals surface area (Å²) in [6, 6.07) is 26.4. The molecular weight excluding hydrogens is 557 g/mol. The maximum absolute atomic E-state index is 14.4. The maximum atomic E-state index is 14.4. The van der Waals surface area contributed by atoms with Crippen LogP contribution in [0.25, 0.3) is 10.9 Å². The number of carbonyl (C=O) groups excluding carboxylic acids is 1. The number of para-hydroxylation sites is 1. The van der Waals surface area contributed by atoms with Gasteiger partial charge < -0.3 is 5.32 Å². The second kappa shape index (κ2) is 12.2. The Kier molecular flexibility index (Phi) is 8.32. The number of hydrogen-bond donors (Lipinski definition) is 2. The van der Waals surface area contributed by atoms with E-state index in [9.17, 15) is 22.4 Å². The molecule has 0 saturated heterocycles. The van der Waals surface area contributed by atoms with Gasteiger partial charge in [0.2, 0.25) is 15.9 Å². The molecule has 42 heavy (non-hydrogen) atoms. The van der Waals surface area contributed by atoms with Crippen LogP contribution in [-0.4, -0.2) is 30.2 Å². The van der Waals surface area contributed by atoms with Crippen LogP contribution in [0.3, 0.4) is 0 Å². The summed E-state index contributed by atoms with van der Waals surface area (Å²) in [7, 11) is -4.16. The largest absolute Gasteiger partial charge is 0.326 e. The van der Waals surface area contributed by atoms with Gasteiger partial charge in [0.1, 0.15) is 5.82 Å². The molecule has 2 N–H and O–H groups in total. The summed E-state index contributed by atoms with van der Waals surface area (Å²) in [5.41, 5.74) is 1.17. The van der Waals surface area contributed by atoms with Gasteiger partial charge in [-0.2, -0.15) is 9.78 Å². The number of anilines is 1. The van der Waals surface area contributed by atoms with Gasteiger partial charge in [0.15, 0.2) is 5.82 Å². The molecule has 1 atom stereocenters. The molecule has 212 valence electrons. The fourth-order valence-corrected chi connectivity index (χ4v) is 5.58. The minimum Gasteiger partial charge on any atom is -0.326 e. The SMILES string of the molecule is CC(=O)Nc1ccc(S(=O)(=O)NC(Cc2ccccc2)c2nc3ccccc3c(=O)n2/N=C/c2ccccc2F)cc1. The molecule has 1 heterocycles. The first-order chi connectivity index (χ1) is 20.2. The number of benzene rings is 4. The maximum Gasteiger partial charge on any atom is 0.282 e. The van der Waals surface area contributed by atoms with E-state index in [-0.39, 0.29) is 34.0 Å². The molecule has 0 aliphatic carbocycles. The number of aromatic nitrogens is 2. The van der Waals surface area contributed by atoms with Gasteiger partial charge in [0, 0.05) is 18.2 Å². The van der Waals surface area contributed by atoms with Crippen molar-refractivity contribution in [2.75, 3.05) is 5.32 Å². The second-order valence-corrected chi connectivity index (χ2v) is 11.2. The Balaban J connectivity index is 1.64. The summed E-state index contributed by atoms with van der Waals surface area (Å²) in [6.07, 6.45) is 1.33. The predicted molar refractivity (Wildman–Crippen MR) is 159 cm³/mol. The van der Waals surface area contributed by atoms with Crippen molar-refractivity contribution in [2.45, 2.75) is 24.3 Å². The van der Waals surface area contributed by atoms with Gasteiger partial charge in [-0.15, -0.1) is 0 Å². The van der Waals surface area contributed by atoms with Crippen LogP contribution in [0.5, 0.6) is 0 Å². The third kappa shape index (κ3) is 6.48. The molecule has 0 aliphatic heterocycles. The highest BCUT2D eigenvalue weighted by Gasteiger charge is 2.27. The van der Waals surface area contributed by atoms with E-state index in [0.717, 1.165) is 10.2 Å². The van der Waals surface area contributed by atoms with Crippen LogP contribution in [0, 0.1) is 5.82 Å². The fourth-order valence-electron chi connectivity index (χ4n) is 4.39. The Bertz CT molecular complexity index is 1940. The lowest BCUT2D eigenvalue weighted by atomic mass is 10.1. The van der Waals surface area contributed by atoms with Crippen LogP contribution in [0.4, 0.5) is 10.1 Å². The number of hydrogen-bond acceptors (Lipinski definition) is 6. The first-order valence-corrected chi connectivity index (χ1v) is 14.4. The van der Waals surface area contributed by atoms with Crippen LogP contribution in [0.15, 0.2) is 118 Å². The zero-order valence-electron chi connectivity index (χ0n) is 22.4. The lowest BCUT2D eigenvalue weighted by Crippen LogP contribution is -2.35. The topological polar surface area (TPSA) is 123 Å². The van der Waals surface area contributed by atoms with E-state index in [1.807, 2.05) is 30.3 Å². The van der Waals surface area contributed by atoms with E-state index >= 15 is 0 Å². The van der Waals surface area contributed by atoms with Crippen LogP contribution >= 0.6 is 0 Å². The number of fused-ring (bicyclic) bond motifs is 1. The van der Waals surface area contributed by atoms with Gasteiger partial charge >= 0.3 is 0 Å². The number of rotatable bonds is 9. The minimum absolute atomic E-state index is 0.0218. The Morgan fingerprint density at radius 3 is 2.33 bits per heavy atom. The number of nitrogens with one attached hydrogen (secondary N) is 2. The van der Waals surface area contributed by atoms with Crippen molar-refractivity contribution in [3.63, 3.8) is 0 Å². The zero-order chi connectivity index (χ0) is 29.7. The number of nitrogens with zero attached hydrogens (tertiary/aromatic N) is 3. The lowest BCUT2D eigenvalue weighted by Gasteiger charge is -2.21. The van der Waals surface area contributed by atoms with Crippen LogP contribution < -0.4 is 15.6 Å². The molecule has 1 amide bonds. The number of carbonyl (C=O) groups is 1. The third-order valence-corrected chi connectivity index (χ3v) is 7.86. The predicted octanol–water partition coefficient (Wildman–Crippen LogP) is 4.64. The molecule has 0 saturated carbocycles. The van der Waals surface area contributed by atoms with Crippen molar-refractivity contribution in [3.8, 4) is 0 Å². The second-order valence-electron chi connectivity index (χ2n) is 9.44. The monoisotopic (exact) mass is 583 g/mol. The number of halogens is 1. The summed E-state index contributed by atoms with van der Waals surface area (Å²) in [5, 5.41) is 7.16. The zero-order valence-corrected chi connectivity index (χ0v) is 23.3. The Morgan fingerprint density at radius 1 is 0.952 bits per heavy atom. The molecule has 0 aliphatic rings. The van der Waals surface area contributed by atoms with Crippen LogP contribution in [-0.2, 0) is 21.2 Å². The van der Waals surface area contributed by atoms with E-state index in [0.29, 0.717) is 11.2 Å². The Labute approximate surface area is 241 Å². The summed E-state index contributed by atoms with van der Waals surface area (Å²) >= 11 is 0. The standard InChI is InChI=1S/C31H26FN5O4S/c1-21(38)34-24-15-17-25(18-16-24)42(40,41)36-29(19-22-9-3-2-4-10-22)30-35-28-14-8-6-12-26(28)31(39)37(30)33-20-23-11-5-7-13-27(23)32/h2-18,20,29,36H,19H2,1H3,(H,34,38)/b33-20+. The van der Waals surface area contributed by atoms with Gasteiger partial charge in [-0.3, -0.25) is 9.59 Å². The van der Waals surface area contributed by atoms with Gasteiger partial charge in [-0.25, -0.2) is 22.5 Å². The van der Waals surface area contributed by atoms with Crippen molar-refractivity contribution in [1.29, 1.82) is 0 Å². The highest BCUT2D eigenvalue weighted by atomic mass is 32.2.